The Hall–Kier alpha value is 0.214. The molecule has 0 saturated carbocycles. The molecule has 2 rings (SSSR count). The van der Waals surface area contributed by atoms with Gasteiger partial charge in [-0.15, -0.1) is 0 Å². The third kappa shape index (κ3) is 4.79. The van der Waals surface area contributed by atoms with E-state index in [4.69, 9.17) is 24.7 Å². The fourth-order valence-electron chi connectivity index (χ4n) is 2.97. The van der Waals surface area contributed by atoms with E-state index in [1.165, 1.54) is 14.0 Å². The van der Waals surface area contributed by atoms with E-state index < -0.39 is 73.7 Å². The van der Waals surface area contributed by atoms with Crippen LogP contribution in [0.2, 0.25) is 0 Å². The van der Waals surface area contributed by atoms with E-state index in [0.29, 0.717) is 0 Å². The second-order valence-corrected chi connectivity index (χ2v) is 6.16. The molecule has 2 saturated heterocycles. The van der Waals surface area contributed by atoms with Gasteiger partial charge in [0.2, 0.25) is 0 Å². The van der Waals surface area contributed by atoms with E-state index in [-0.39, 0.29) is 32.7 Å². The molecule has 5 N–H and O–H groups in total. The molecule has 0 aromatic heterocycles. The zero-order chi connectivity index (χ0) is 18.9. The predicted octanol–water partition coefficient (Wildman–Crippen LogP) is -3.65. The maximum Gasteiger partial charge on any atom is 0.187 e. The molecule has 0 spiro atoms. The molecule has 2 aliphatic heterocycles. The van der Waals surface area contributed by atoms with Crippen molar-refractivity contribution >= 4 is 5.97 Å². The van der Waals surface area contributed by atoms with Gasteiger partial charge in [0.15, 0.2) is 6.29 Å². The van der Waals surface area contributed by atoms with Gasteiger partial charge in [-0.3, -0.25) is 0 Å². The SMILES string of the molecule is CO[C@@H]1OC(CO)[C@@H](O[C@@H]2OC(C(=O)[O-])[C@@H](C)[C@H](O)C2O)C(O)C1[NH-].[Y]. The Balaban J connectivity index is 0.00000338. The largest absolute Gasteiger partial charge is 0.668 e. The normalized spacial score (nSPS) is 46.4. The van der Waals surface area contributed by atoms with Crippen LogP contribution in [0.15, 0.2) is 0 Å². The number of ether oxygens (including phenoxy) is 4. The second kappa shape index (κ2) is 10.1. The van der Waals surface area contributed by atoms with E-state index in [1.54, 1.807) is 0 Å². The standard InChI is InChI=1S/C14H24NO10.Y/c1-4-7(17)9(19)14(24-10(4)12(20)21)25-11-5(3-16)23-13(22-2)6(15)8(11)18;/h4-11,13-19H,3H2,1-2H3,(H,20,21);/q-1;/p-1/t4-,5?,6?,7-,8?,9?,10?,11+,13+,14-;/m0./s1. The molecule has 0 aromatic rings. The first-order valence-electron chi connectivity index (χ1n) is 7.79. The minimum atomic E-state index is -1.63. The number of carbonyl (C=O) groups is 1. The Morgan fingerprint density at radius 3 is 2.27 bits per heavy atom. The second-order valence-electron chi connectivity index (χ2n) is 6.16. The number of nitrogens with one attached hydrogen (secondary N) is 1. The van der Waals surface area contributed by atoms with Crippen LogP contribution in [0.4, 0.5) is 0 Å². The van der Waals surface area contributed by atoms with Gasteiger partial charge in [0, 0.05) is 45.7 Å². The summed E-state index contributed by atoms with van der Waals surface area (Å²) in [7, 11) is 1.27. The first kappa shape index (κ1) is 24.3. The summed E-state index contributed by atoms with van der Waals surface area (Å²) in [5.41, 5.74) is 7.86. The summed E-state index contributed by atoms with van der Waals surface area (Å²) >= 11 is 0. The van der Waals surface area contributed by atoms with Crippen LogP contribution in [0.25, 0.3) is 5.73 Å². The summed E-state index contributed by atoms with van der Waals surface area (Å²) in [5, 5.41) is 50.8. The number of methoxy groups -OCH3 is 1. The zero-order valence-electron chi connectivity index (χ0n) is 14.3. The smallest absolute Gasteiger partial charge is 0.187 e. The average Bonchev–Trinajstić information content (AvgIpc) is 2.58. The van der Waals surface area contributed by atoms with Crippen LogP contribution in [0.1, 0.15) is 6.92 Å². The van der Waals surface area contributed by atoms with E-state index in [1.807, 2.05) is 0 Å². The topological polar surface area (TPSA) is 182 Å². The molecule has 1 radical (unpaired) electrons. The number of rotatable bonds is 5. The van der Waals surface area contributed by atoms with Gasteiger partial charge < -0.3 is 55.0 Å². The summed E-state index contributed by atoms with van der Waals surface area (Å²) in [6.07, 6.45) is -11.3. The van der Waals surface area contributed by atoms with Crippen molar-refractivity contribution in [3.8, 4) is 0 Å². The first-order valence-corrected chi connectivity index (χ1v) is 7.79. The van der Waals surface area contributed by atoms with Crippen LogP contribution in [0.5, 0.6) is 0 Å². The molecule has 10 atom stereocenters. The van der Waals surface area contributed by atoms with Crippen molar-refractivity contribution in [1.29, 1.82) is 0 Å². The van der Waals surface area contributed by atoms with Crippen LogP contribution in [0, 0.1) is 5.92 Å². The first-order chi connectivity index (χ1) is 11.7. The predicted molar refractivity (Wildman–Crippen MR) is 76.6 cm³/mol. The number of aliphatic carboxylic acids is 1. The fraction of sp³-hybridized carbons (Fsp3) is 0.929. The van der Waals surface area contributed by atoms with Gasteiger partial charge in [-0.05, 0) is 0 Å². The minimum absolute atomic E-state index is 0. The van der Waals surface area contributed by atoms with Crippen LogP contribution < -0.4 is 5.11 Å². The monoisotopic (exact) mass is 454 g/mol. The van der Waals surface area contributed by atoms with Gasteiger partial charge in [-0.25, -0.2) is 0 Å². The molecule has 5 unspecified atom stereocenters. The van der Waals surface area contributed by atoms with Crippen LogP contribution in [-0.4, -0.2) is 95.4 Å². The van der Waals surface area contributed by atoms with Crippen molar-refractivity contribution in [1.82, 2.24) is 0 Å². The summed E-state index contributed by atoms with van der Waals surface area (Å²) in [5.74, 6) is -2.55. The molecule has 26 heavy (non-hydrogen) atoms. The third-order valence-electron chi connectivity index (χ3n) is 4.53. The van der Waals surface area contributed by atoms with Crippen LogP contribution in [0.3, 0.4) is 0 Å². The van der Waals surface area contributed by atoms with Crippen LogP contribution >= 0.6 is 0 Å². The molecule has 0 amide bonds. The van der Waals surface area contributed by atoms with Crippen molar-refractivity contribution in [2.75, 3.05) is 13.7 Å². The van der Waals surface area contributed by atoms with Gasteiger partial charge in [0.25, 0.3) is 0 Å². The molecule has 2 fully saturated rings. The van der Waals surface area contributed by atoms with Gasteiger partial charge in [0.05, 0.1) is 24.8 Å². The summed E-state index contributed by atoms with van der Waals surface area (Å²) < 4.78 is 20.7. The van der Waals surface area contributed by atoms with Gasteiger partial charge in [0.1, 0.15) is 30.7 Å². The van der Waals surface area contributed by atoms with E-state index in [2.05, 4.69) is 0 Å². The fourth-order valence-corrected chi connectivity index (χ4v) is 2.97. The Labute approximate surface area is 175 Å². The van der Waals surface area contributed by atoms with E-state index in [9.17, 15) is 30.3 Å². The number of carbonyl (C=O) groups excluding carboxylic acids is 1. The maximum absolute atomic E-state index is 11.1. The molecular formula is C14H23NO10Y-2. The van der Waals surface area contributed by atoms with Crippen LogP contribution in [-0.2, 0) is 56.5 Å². The zero-order valence-corrected chi connectivity index (χ0v) is 17.1. The molecule has 0 aromatic carbocycles. The summed E-state index contributed by atoms with van der Waals surface area (Å²) in [6.45, 7) is 0.767. The number of aliphatic hydroxyl groups excluding tert-OH is 4. The molecule has 2 aliphatic rings. The minimum Gasteiger partial charge on any atom is -0.668 e. The molecule has 0 bridgehead atoms. The van der Waals surface area contributed by atoms with E-state index >= 15 is 0 Å². The number of carboxylic acid groups (broad SMARTS) is 1. The van der Waals surface area contributed by atoms with Crippen molar-refractivity contribution in [2.24, 2.45) is 5.92 Å². The molecule has 11 nitrogen and oxygen atoms in total. The summed E-state index contributed by atoms with van der Waals surface area (Å²) in [4.78, 5) is 11.1. The molecular weight excluding hydrogens is 431 g/mol. The number of aliphatic hydroxyl groups is 4. The van der Waals surface area contributed by atoms with Crippen molar-refractivity contribution < 1.29 is 82.0 Å². The number of carboxylic acids is 1. The van der Waals surface area contributed by atoms with Crippen molar-refractivity contribution in [2.45, 2.75) is 62.2 Å². The number of hydrogen-bond donors (Lipinski definition) is 4. The maximum atomic E-state index is 11.1. The Morgan fingerprint density at radius 1 is 1.15 bits per heavy atom. The Morgan fingerprint density at radius 2 is 1.77 bits per heavy atom. The quantitative estimate of drug-likeness (QED) is 0.323. The molecule has 2 heterocycles. The van der Waals surface area contributed by atoms with E-state index in [0.717, 1.165) is 0 Å². The summed E-state index contributed by atoms with van der Waals surface area (Å²) in [6, 6.07) is -1.28. The molecule has 12 heteroatoms. The molecule has 0 aliphatic carbocycles. The Bertz CT molecular complexity index is 469. The molecule has 149 valence electrons. The van der Waals surface area contributed by atoms with Crippen molar-refractivity contribution in [3.05, 3.63) is 5.73 Å². The van der Waals surface area contributed by atoms with Gasteiger partial charge in [-0.1, -0.05) is 13.0 Å². The van der Waals surface area contributed by atoms with Gasteiger partial charge in [-0.2, -0.15) is 0 Å². The third-order valence-corrected chi connectivity index (χ3v) is 4.53. The van der Waals surface area contributed by atoms with Gasteiger partial charge >= 0.3 is 0 Å². The Kier molecular flexibility index (Phi) is 9.44. The van der Waals surface area contributed by atoms with Crippen molar-refractivity contribution in [3.63, 3.8) is 0 Å². The average molecular weight is 454 g/mol. The number of hydrogen-bond acceptors (Lipinski definition) is 10.